The van der Waals surface area contributed by atoms with E-state index < -0.39 is 0 Å². The first-order valence-corrected chi connectivity index (χ1v) is 10.2. The van der Waals surface area contributed by atoms with Crippen LogP contribution < -0.4 is 5.32 Å². The lowest BCUT2D eigenvalue weighted by atomic mass is 10.1. The summed E-state index contributed by atoms with van der Waals surface area (Å²) in [7, 11) is 0. The van der Waals surface area contributed by atoms with Crippen LogP contribution in [-0.4, -0.2) is 45.0 Å². The smallest absolute Gasteiger partial charge is 0.269 e. The molecule has 3 aromatic rings. The predicted molar refractivity (Wildman–Crippen MR) is 111 cm³/mol. The highest BCUT2D eigenvalue weighted by Gasteiger charge is 2.21. The normalized spacial score (nSPS) is 15.0. The van der Waals surface area contributed by atoms with E-state index in [0.717, 1.165) is 44.8 Å². The van der Waals surface area contributed by atoms with Gasteiger partial charge in [-0.3, -0.25) is 9.69 Å². The molecule has 6 nitrogen and oxygen atoms in total. The Morgan fingerprint density at radius 3 is 2.96 bits per heavy atom. The number of benzene rings is 1. The van der Waals surface area contributed by atoms with Gasteiger partial charge in [-0.1, -0.05) is 32.0 Å². The molecule has 148 valence electrons. The summed E-state index contributed by atoms with van der Waals surface area (Å²) >= 11 is 0. The van der Waals surface area contributed by atoms with Crippen molar-refractivity contribution >= 4 is 16.8 Å². The number of carbonyl (C=O) groups excluding carboxylic acids is 1. The molecule has 0 spiro atoms. The third-order valence-corrected chi connectivity index (χ3v) is 5.54. The Hall–Kier alpha value is -2.60. The number of H-pyrrole nitrogens is 1. The van der Waals surface area contributed by atoms with Crippen LogP contribution in [0.1, 0.15) is 42.1 Å². The molecule has 2 aromatic heterocycles. The molecule has 0 atom stereocenters. The van der Waals surface area contributed by atoms with Gasteiger partial charge in [0.15, 0.2) is 0 Å². The molecule has 2 N–H and O–H groups in total. The summed E-state index contributed by atoms with van der Waals surface area (Å²) in [4.78, 5) is 22.9. The van der Waals surface area contributed by atoms with Crippen molar-refractivity contribution in [2.75, 3.05) is 19.6 Å². The minimum Gasteiger partial charge on any atom is -0.361 e. The molecule has 6 heteroatoms. The topological polar surface area (TPSA) is 66.0 Å². The van der Waals surface area contributed by atoms with Crippen LogP contribution in [-0.2, 0) is 19.5 Å². The Morgan fingerprint density at radius 2 is 2.11 bits per heavy atom. The highest BCUT2D eigenvalue weighted by Crippen LogP contribution is 2.20. The summed E-state index contributed by atoms with van der Waals surface area (Å²) in [6.07, 6.45) is 5.70. The molecule has 1 aliphatic heterocycles. The number of aromatic amines is 1. The van der Waals surface area contributed by atoms with Crippen LogP contribution in [0.3, 0.4) is 0 Å². The first-order valence-electron chi connectivity index (χ1n) is 10.2. The van der Waals surface area contributed by atoms with E-state index in [2.05, 4.69) is 69.1 Å². The summed E-state index contributed by atoms with van der Waals surface area (Å²) < 4.78 is 2.10. The van der Waals surface area contributed by atoms with Crippen LogP contribution in [0.4, 0.5) is 0 Å². The molecule has 0 fully saturated rings. The van der Waals surface area contributed by atoms with E-state index in [1.54, 1.807) is 6.20 Å². The zero-order chi connectivity index (χ0) is 19.5. The van der Waals surface area contributed by atoms with E-state index in [1.807, 2.05) is 0 Å². The Labute approximate surface area is 165 Å². The van der Waals surface area contributed by atoms with Crippen LogP contribution in [0.2, 0.25) is 0 Å². The lowest BCUT2D eigenvalue weighted by Crippen LogP contribution is -2.29. The lowest BCUT2D eigenvalue weighted by molar-refractivity contribution is 0.0942. The molecule has 1 aliphatic rings. The second-order valence-corrected chi connectivity index (χ2v) is 8.04. The van der Waals surface area contributed by atoms with Gasteiger partial charge in [0.2, 0.25) is 0 Å². The van der Waals surface area contributed by atoms with Crippen LogP contribution in [0.5, 0.6) is 0 Å². The minimum atomic E-state index is -0.00974. The van der Waals surface area contributed by atoms with Crippen molar-refractivity contribution in [2.24, 2.45) is 5.92 Å². The number of carbonyl (C=O) groups is 1. The lowest BCUT2D eigenvalue weighted by Gasteiger charge is -2.19. The summed E-state index contributed by atoms with van der Waals surface area (Å²) in [5, 5.41) is 4.32. The fourth-order valence-electron chi connectivity index (χ4n) is 3.88. The fourth-order valence-corrected chi connectivity index (χ4v) is 3.88. The minimum absolute atomic E-state index is 0.00974. The molecule has 1 amide bonds. The van der Waals surface area contributed by atoms with Crippen LogP contribution >= 0.6 is 0 Å². The molecule has 0 bridgehead atoms. The average Bonchev–Trinajstić information content (AvgIpc) is 3.22. The number of imidazole rings is 1. The number of hydrogen-bond acceptors (Lipinski definition) is 3. The molecule has 1 aromatic carbocycles. The molecule has 0 saturated heterocycles. The number of para-hydroxylation sites is 1. The van der Waals surface area contributed by atoms with Gasteiger partial charge in [0.25, 0.3) is 5.91 Å². The summed E-state index contributed by atoms with van der Waals surface area (Å²) in [6, 6.07) is 8.42. The maximum Gasteiger partial charge on any atom is 0.269 e. The molecule has 0 radical (unpaired) electrons. The zero-order valence-electron chi connectivity index (χ0n) is 16.7. The predicted octanol–water partition coefficient (Wildman–Crippen LogP) is 3.20. The number of nitrogens with one attached hydrogen (secondary N) is 2. The number of rotatable bonds is 6. The van der Waals surface area contributed by atoms with E-state index in [1.165, 1.54) is 16.5 Å². The molecule has 3 heterocycles. The van der Waals surface area contributed by atoms with Crippen molar-refractivity contribution in [3.8, 4) is 0 Å². The molecular weight excluding hydrogens is 350 g/mol. The first-order chi connectivity index (χ1) is 13.6. The SMILES string of the molecule is CC(C)CCNC(=O)c1cnc2n1CCN(Cc1c[nH]c3ccccc13)CC2. The monoisotopic (exact) mass is 379 g/mol. The van der Waals surface area contributed by atoms with Crippen molar-refractivity contribution in [1.29, 1.82) is 0 Å². The van der Waals surface area contributed by atoms with Gasteiger partial charge >= 0.3 is 0 Å². The standard InChI is InChI=1S/C22H29N5O/c1-16(2)7-9-23-22(28)20-14-25-21-8-10-26(11-12-27(20)21)15-17-13-24-19-6-4-3-5-18(17)19/h3-6,13-14,16,24H,7-12,15H2,1-2H3,(H,23,28). The van der Waals surface area contributed by atoms with Crippen molar-refractivity contribution in [2.45, 2.75) is 39.8 Å². The fraction of sp³-hybridized carbons (Fsp3) is 0.455. The van der Waals surface area contributed by atoms with E-state index in [-0.39, 0.29) is 5.91 Å². The Morgan fingerprint density at radius 1 is 1.25 bits per heavy atom. The van der Waals surface area contributed by atoms with Crippen molar-refractivity contribution in [3.63, 3.8) is 0 Å². The second-order valence-electron chi connectivity index (χ2n) is 8.04. The zero-order valence-corrected chi connectivity index (χ0v) is 16.7. The van der Waals surface area contributed by atoms with E-state index in [0.29, 0.717) is 18.2 Å². The average molecular weight is 380 g/mol. The number of nitrogens with zero attached hydrogens (tertiary/aromatic N) is 3. The Balaban J connectivity index is 1.41. The van der Waals surface area contributed by atoms with Crippen molar-refractivity contribution < 1.29 is 4.79 Å². The highest BCUT2D eigenvalue weighted by molar-refractivity contribution is 5.92. The Kier molecular flexibility index (Phi) is 5.48. The second kappa shape index (κ2) is 8.19. The van der Waals surface area contributed by atoms with Crippen LogP contribution in [0.25, 0.3) is 10.9 Å². The molecule has 4 rings (SSSR count). The van der Waals surface area contributed by atoms with Gasteiger partial charge in [-0.25, -0.2) is 4.98 Å². The number of amides is 1. The Bertz CT molecular complexity index is 955. The molecule has 28 heavy (non-hydrogen) atoms. The number of hydrogen-bond donors (Lipinski definition) is 2. The van der Waals surface area contributed by atoms with E-state index in [4.69, 9.17) is 0 Å². The van der Waals surface area contributed by atoms with Gasteiger partial charge in [-0.2, -0.15) is 0 Å². The van der Waals surface area contributed by atoms with Crippen molar-refractivity contribution in [3.05, 3.63) is 53.7 Å². The van der Waals surface area contributed by atoms with E-state index >= 15 is 0 Å². The highest BCUT2D eigenvalue weighted by atomic mass is 16.1. The number of aromatic nitrogens is 3. The van der Waals surface area contributed by atoms with Gasteiger partial charge < -0.3 is 14.9 Å². The number of fused-ring (bicyclic) bond motifs is 2. The molecular formula is C22H29N5O. The third-order valence-electron chi connectivity index (χ3n) is 5.54. The summed E-state index contributed by atoms with van der Waals surface area (Å²) in [5.41, 5.74) is 3.19. The van der Waals surface area contributed by atoms with Gasteiger partial charge in [0.05, 0.1) is 6.20 Å². The van der Waals surface area contributed by atoms with Gasteiger partial charge in [0, 0.05) is 56.2 Å². The third kappa shape index (κ3) is 3.97. The van der Waals surface area contributed by atoms with Gasteiger partial charge in [-0.05, 0) is 24.0 Å². The maximum atomic E-state index is 12.6. The maximum absolute atomic E-state index is 12.6. The summed E-state index contributed by atoms with van der Waals surface area (Å²) in [5.74, 6) is 1.58. The van der Waals surface area contributed by atoms with E-state index in [9.17, 15) is 4.79 Å². The van der Waals surface area contributed by atoms with Gasteiger partial charge in [-0.15, -0.1) is 0 Å². The quantitative estimate of drug-likeness (QED) is 0.691. The molecule has 0 unspecified atom stereocenters. The van der Waals surface area contributed by atoms with Gasteiger partial charge in [0.1, 0.15) is 11.5 Å². The van der Waals surface area contributed by atoms with Crippen molar-refractivity contribution in [1.82, 2.24) is 24.8 Å². The largest absolute Gasteiger partial charge is 0.361 e. The molecule has 0 saturated carbocycles. The molecule has 0 aliphatic carbocycles. The summed E-state index contributed by atoms with van der Waals surface area (Å²) in [6.45, 7) is 8.61. The first kappa shape index (κ1) is 18.7. The van der Waals surface area contributed by atoms with Crippen LogP contribution in [0, 0.1) is 5.92 Å². The van der Waals surface area contributed by atoms with Crippen LogP contribution in [0.15, 0.2) is 36.7 Å².